The van der Waals surface area contributed by atoms with Crippen molar-refractivity contribution < 1.29 is 29.0 Å². The van der Waals surface area contributed by atoms with Gasteiger partial charge in [0, 0.05) is 13.0 Å². The molecule has 0 radical (unpaired) electrons. The zero-order chi connectivity index (χ0) is 22.2. The average molecular weight is 426 g/mol. The zero-order valence-corrected chi connectivity index (χ0v) is 17.3. The van der Waals surface area contributed by atoms with Crippen LogP contribution in [-0.4, -0.2) is 53.7 Å². The van der Waals surface area contributed by atoms with Crippen molar-refractivity contribution in [3.8, 4) is 5.75 Å². The van der Waals surface area contributed by atoms with E-state index in [0.717, 1.165) is 11.1 Å². The number of nitrogens with zero attached hydrogens (tertiary/aromatic N) is 1. The Bertz CT molecular complexity index is 900. The van der Waals surface area contributed by atoms with Gasteiger partial charge in [0.25, 0.3) is 0 Å². The zero-order valence-electron chi connectivity index (χ0n) is 17.3. The summed E-state index contributed by atoms with van der Waals surface area (Å²) in [5, 5.41) is 12.1. The molecule has 1 aliphatic rings. The van der Waals surface area contributed by atoms with Crippen molar-refractivity contribution in [2.75, 3.05) is 13.7 Å². The highest BCUT2D eigenvalue weighted by Gasteiger charge is 2.36. The minimum absolute atomic E-state index is 0.111. The van der Waals surface area contributed by atoms with Crippen molar-refractivity contribution in [1.82, 2.24) is 10.2 Å². The number of benzene rings is 2. The van der Waals surface area contributed by atoms with E-state index in [4.69, 9.17) is 9.47 Å². The number of carbonyl (C=O) groups is 3. The summed E-state index contributed by atoms with van der Waals surface area (Å²) in [5.41, 5.74) is 1.60. The number of carbonyl (C=O) groups excluding carboxylic acids is 2. The highest BCUT2D eigenvalue weighted by atomic mass is 16.6. The fourth-order valence-electron chi connectivity index (χ4n) is 3.53. The predicted molar refractivity (Wildman–Crippen MR) is 113 cm³/mol. The Morgan fingerprint density at radius 1 is 1.10 bits per heavy atom. The van der Waals surface area contributed by atoms with Crippen LogP contribution in [0.4, 0.5) is 4.79 Å². The number of methoxy groups -OCH3 is 1. The maximum absolute atomic E-state index is 12.8. The first-order valence-corrected chi connectivity index (χ1v) is 10.1. The Balaban J connectivity index is 1.59. The molecular formula is C23H26N2O6. The second-order valence-corrected chi connectivity index (χ2v) is 7.34. The van der Waals surface area contributed by atoms with Gasteiger partial charge in [-0.3, -0.25) is 9.69 Å². The number of ether oxygens (including phenoxy) is 2. The number of carboxylic acid groups (broad SMARTS) is 1. The normalized spacial score (nSPS) is 16.4. The first kappa shape index (κ1) is 22.1. The molecule has 0 aromatic heterocycles. The molecule has 164 valence electrons. The number of likely N-dealkylation sites (tertiary alicyclic amines) is 1. The highest BCUT2D eigenvalue weighted by molar-refractivity contribution is 5.89. The Labute approximate surface area is 180 Å². The van der Waals surface area contributed by atoms with Crippen molar-refractivity contribution in [3.63, 3.8) is 0 Å². The largest absolute Gasteiger partial charge is 0.497 e. The molecule has 0 spiro atoms. The molecule has 0 aliphatic carbocycles. The van der Waals surface area contributed by atoms with E-state index < -0.39 is 30.1 Å². The van der Waals surface area contributed by atoms with Crippen LogP contribution in [0, 0.1) is 0 Å². The van der Waals surface area contributed by atoms with Gasteiger partial charge in [-0.1, -0.05) is 42.5 Å². The third-order valence-corrected chi connectivity index (χ3v) is 5.21. The van der Waals surface area contributed by atoms with Crippen LogP contribution in [0.5, 0.6) is 5.75 Å². The van der Waals surface area contributed by atoms with Gasteiger partial charge in [-0.05, 0) is 36.1 Å². The SMILES string of the molecule is COc1ccc(C[C@@H](NC(=O)[C@H]2CCCN2C(=O)OCc2ccccc2)C(=O)O)cc1. The molecule has 31 heavy (non-hydrogen) atoms. The maximum Gasteiger partial charge on any atom is 0.410 e. The number of hydrogen-bond donors (Lipinski definition) is 2. The molecule has 2 aromatic rings. The van der Waals surface area contributed by atoms with Gasteiger partial charge in [-0.25, -0.2) is 9.59 Å². The van der Waals surface area contributed by atoms with Crippen LogP contribution in [0.3, 0.4) is 0 Å². The Hall–Kier alpha value is -3.55. The summed E-state index contributed by atoms with van der Waals surface area (Å²) < 4.78 is 10.4. The number of aliphatic carboxylic acids is 1. The molecule has 2 atom stereocenters. The summed E-state index contributed by atoms with van der Waals surface area (Å²) in [6.45, 7) is 0.502. The number of nitrogens with one attached hydrogen (secondary N) is 1. The fourth-order valence-corrected chi connectivity index (χ4v) is 3.53. The molecule has 0 unspecified atom stereocenters. The van der Waals surface area contributed by atoms with Crippen LogP contribution in [0.1, 0.15) is 24.0 Å². The summed E-state index contributed by atoms with van der Waals surface area (Å²) in [6, 6.07) is 14.4. The van der Waals surface area contributed by atoms with E-state index in [0.29, 0.717) is 25.1 Å². The topological polar surface area (TPSA) is 105 Å². The summed E-state index contributed by atoms with van der Waals surface area (Å²) in [5.74, 6) is -0.967. The maximum atomic E-state index is 12.8. The van der Waals surface area contributed by atoms with Crippen LogP contribution in [0.15, 0.2) is 54.6 Å². The van der Waals surface area contributed by atoms with Crippen LogP contribution in [0.25, 0.3) is 0 Å². The van der Waals surface area contributed by atoms with Gasteiger partial charge in [0.2, 0.25) is 5.91 Å². The van der Waals surface area contributed by atoms with Crippen molar-refractivity contribution in [1.29, 1.82) is 0 Å². The number of amides is 2. The summed E-state index contributed by atoms with van der Waals surface area (Å²) in [4.78, 5) is 38.4. The van der Waals surface area contributed by atoms with Gasteiger partial charge < -0.3 is 19.9 Å². The minimum atomic E-state index is -1.14. The molecular weight excluding hydrogens is 400 g/mol. The summed E-state index contributed by atoms with van der Waals surface area (Å²) in [6.07, 6.45) is 0.648. The number of carboxylic acids is 1. The van der Waals surface area contributed by atoms with Gasteiger partial charge >= 0.3 is 12.1 Å². The van der Waals surface area contributed by atoms with Gasteiger partial charge in [0.05, 0.1) is 7.11 Å². The molecule has 8 heteroatoms. The quantitative estimate of drug-likeness (QED) is 0.672. The molecule has 8 nitrogen and oxygen atoms in total. The molecule has 2 N–H and O–H groups in total. The molecule has 3 rings (SSSR count). The molecule has 1 saturated heterocycles. The summed E-state index contributed by atoms with van der Waals surface area (Å²) in [7, 11) is 1.55. The Morgan fingerprint density at radius 2 is 1.81 bits per heavy atom. The molecule has 2 amide bonds. The lowest BCUT2D eigenvalue weighted by Crippen LogP contribution is -2.51. The lowest BCUT2D eigenvalue weighted by molar-refractivity contribution is -0.142. The third kappa shape index (κ3) is 5.97. The first-order valence-electron chi connectivity index (χ1n) is 10.1. The third-order valence-electron chi connectivity index (χ3n) is 5.21. The van der Waals surface area contributed by atoms with Gasteiger partial charge in [0.15, 0.2) is 0 Å². The van der Waals surface area contributed by atoms with Crippen LogP contribution in [-0.2, 0) is 27.4 Å². The second-order valence-electron chi connectivity index (χ2n) is 7.34. The summed E-state index contributed by atoms with van der Waals surface area (Å²) >= 11 is 0. The highest BCUT2D eigenvalue weighted by Crippen LogP contribution is 2.20. The van der Waals surface area contributed by atoms with Crippen LogP contribution < -0.4 is 10.1 Å². The lowest BCUT2D eigenvalue weighted by atomic mass is 10.0. The van der Waals surface area contributed by atoms with Crippen molar-refractivity contribution in [2.24, 2.45) is 0 Å². The van der Waals surface area contributed by atoms with E-state index >= 15 is 0 Å². The van der Waals surface area contributed by atoms with Gasteiger partial charge in [-0.15, -0.1) is 0 Å². The first-order chi connectivity index (χ1) is 15.0. The molecule has 0 saturated carbocycles. The van der Waals surface area contributed by atoms with E-state index in [1.54, 1.807) is 31.4 Å². The van der Waals surface area contributed by atoms with Crippen LogP contribution >= 0.6 is 0 Å². The van der Waals surface area contributed by atoms with E-state index in [1.807, 2.05) is 30.3 Å². The second kappa shape index (κ2) is 10.5. The van der Waals surface area contributed by atoms with E-state index in [1.165, 1.54) is 4.90 Å². The molecule has 0 bridgehead atoms. The van der Waals surface area contributed by atoms with Crippen LogP contribution in [0.2, 0.25) is 0 Å². The number of rotatable bonds is 8. The van der Waals surface area contributed by atoms with Crippen molar-refractivity contribution >= 4 is 18.0 Å². The predicted octanol–water partition coefficient (Wildman–Crippen LogP) is 2.61. The molecule has 2 aromatic carbocycles. The molecule has 1 fully saturated rings. The van der Waals surface area contributed by atoms with Crippen molar-refractivity contribution in [2.45, 2.75) is 38.0 Å². The van der Waals surface area contributed by atoms with E-state index in [9.17, 15) is 19.5 Å². The molecule has 1 heterocycles. The van der Waals surface area contributed by atoms with Gasteiger partial charge in [-0.2, -0.15) is 0 Å². The number of hydrogen-bond acceptors (Lipinski definition) is 5. The Kier molecular flexibility index (Phi) is 7.48. The molecule has 1 aliphatic heterocycles. The van der Waals surface area contributed by atoms with E-state index in [2.05, 4.69) is 5.32 Å². The van der Waals surface area contributed by atoms with Gasteiger partial charge in [0.1, 0.15) is 24.4 Å². The fraction of sp³-hybridized carbons (Fsp3) is 0.348. The smallest absolute Gasteiger partial charge is 0.410 e. The van der Waals surface area contributed by atoms with E-state index in [-0.39, 0.29) is 13.0 Å². The van der Waals surface area contributed by atoms with Crippen molar-refractivity contribution in [3.05, 3.63) is 65.7 Å². The monoisotopic (exact) mass is 426 g/mol. The minimum Gasteiger partial charge on any atom is -0.497 e. The lowest BCUT2D eigenvalue weighted by Gasteiger charge is -2.25. The standard InChI is InChI=1S/C23H26N2O6/c1-30-18-11-9-16(10-12-18)14-19(22(27)28)24-21(26)20-8-5-13-25(20)23(29)31-15-17-6-3-2-4-7-17/h2-4,6-7,9-12,19-20H,5,8,13-15H2,1H3,(H,24,26)(H,27,28)/t19-,20-/m1/s1. The Morgan fingerprint density at radius 3 is 2.45 bits per heavy atom. The average Bonchev–Trinajstić information content (AvgIpc) is 3.28.